The van der Waals surface area contributed by atoms with Crippen LogP contribution in [0.15, 0.2) is 29.8 Å². The van der Waals surface area contributed by atoms with E-state index in [-0.39, 0.29) is 0 Å². The number of carbonyl (C=O) groups is 1. The minimum atomic E-state index is -0.890. The first-order chi connectivity index (χ1) is 10.6. The van der Waals surface area contributed by atoms with Gasteiger partial charge >= 0.3 is 5.97 Å². The summed E-state index contributed by atoms with van der Waals surface area (Å²) in [6.45, 7) is 4.57. The number of aliphatic carboxylic acids is 1. The van der Waals surface area contributed by atoms with Crippen molar-refractivity contribution in [2.24, 2.45) is 0 Å². The van der Waals surface area contributed by atoms with Crippen molar-refractivity contribution in [1.29, 1.82) is 0 Å². The highest BCUT2D eigenvalue weighted by atomic mass is 16.5. The number of rotatable bonds is 11. The van der Waals surface area contributed by atoms with Gasteiger partial charge in [0, 0.05) is 5.57 Å². The van der Waals surface area contributed by atoms with Gasteiger partial charge in [0.2, 0.25) is 0 Å². The lowest BCUT2D eigenvalue weighted by atomic mass is 10.1. The van der Waals surface area contributed by atoms with Gasteiger partial charge in [0.15, 0.2) is 0 Å². The molecule has 3 nitrogen and oxygen atoms in total. The van der Waals surface area contributed by atoms with Crippen LogP contribution in [-0.2, 0) is 4.79 Å². The third-order valence-electron chi connectivity index (χ3n) is 3.62. The molecule has 1 aromatic rings. The van der Waals surface area contributed by atoms with Crippen LogP contribution in [0.4, 0.5) is 0 Å². The average molecular weight is 304 g/mol. The van der Waals surface area contributed by atoms with Gasteiger partial charge in [0.05, 0.1) is 6.61 Å². The van der Waals surface area contributed by atoms with Gasteiger partial charge in [-0.3, -0.25) is 0 Å². The lowest BCUT2D eigenvalue weighted by molar-refractivity contribution is -0.132. The zero-order chi connectivity index (χ0) is 16.2. The smallest absolute Gasteiger partial charge is 0.331 e. The molecule has 0 saturated carbocycles. The molecule has 0 aliphatic carbocycles. The molecular weight excluding hydrogens is 276 g/mol. The summed E-state index contributed by atoms with van der Waals surface area (Å²) < 4.78 is 5.70. The van der Waals surface area contributed by atoms with Crippen molar-refractivity contribution in [2.45, 2.75) is 58.8 Å². The highest BCUT2D eigenvalue weighted by molar-refractivity contribution is 5.91. The van der Waals surface area contributed by atoms with E-state index < -0.39 is 5.97 Å². The molecule has 3 heteroatoms. The number of ether oxygens (including phenoxy) is 1. The molecule has 122 valence electrons. The van der Waals surface area contributed by atoms with E-state index in [4.69, 9.17) is 9.84 Å². The van der Waals surface area contributed by atoms with Gasteiger partial charge in [-0.05, 0) is 37.1 Å². The number of benzene rings is 1. The molecule has 0 spiro atoms. The lowest BCUT2D eigenvalue weighted by Crippen LogP contribution is -1.97. The Kier molecular flexibility index (Phi) is 9.04. The summed E-state index contributed by atoms with van der Waals surface area (Å²) >= 11 is 0. The highest BCUT2D eigenvalue weighted by Gasteiger charge is 2.00. The van der Waals surface area contributed by atoms with Crippen LogP contribution in [0.25, 0.3) is 6.08 Å². The van der Waals surface area contributed by atoms with Crippen molar-refractivity contribution in [2.75, 3.05) is 6.61 Å². The third kappa shape index (κ3) is 7.87. The normalized spacial score (nSPS) is 11.5. The summed E-state index contributed by atoms with van der Waals surface area (Å²) in [7, 11) is 0. The standard InChI is InChI=1S/C19H28O3/c1-3-4-5-6-7-8-9-14-22-18-12-10-17(11-13-18)15-16(2)19(20)21/h10-13,15H,3-9,14H2,1-2H3,(H,20,21)/b16-15+. The Hall–Kier alpha value is -1.77. The summed E-state index contributed by atoms with van der Waals surface area (Å²) in [6.07, 6.45) is 10.6. The first-order valence-corrected chi connectivity index (χ1v) is 8.28. The minimum Gasteiger partial charge on any atom is -0.494 e. The molecule has 0 radical (unpaired) electrons. The molecule has 0 saturated heterocycles. The molecule has 1 aromatic carbocycles. The molecule has 0 amide bonds. The molecule has 0 aliphatic rings. The van der Waals surface area contributed by atoms with Crippen LogP contribution in [0, 0.1) is 0 Å². The molecule has 1 N–H and O–H groups in total. The van der Waals surface area contributed by atoms with Gasteiger partial charge in [-0.1, -0.05) is 57.6 Å². The van der Waals surface area contributed by atoms with Gasteiger partial charge < -0.3 is 9.84 Å². The van der Waals surface area contributed by atoms with Gasteiger partial charge in [-0.25, -0.2) is 4.79 Å². The Morgan fingerprint density at radius 2 is 1.64 bits per heavy atom. The van der Waals surface area contributed by atoms with Crippen LogP contribution < -0.4 is 4.74 Å². The van der Waals surface area contributed by atoms with E-state index in [0.717, 1.165) is 24.3 Å². The Balaban J connectivity index is 2.22. The Labute approximate surface area is 134 Å². The zero-order valence-electron chi connectivity index (χ0n) is 13.8. The predicted molar refractivity (Wildman–Crippen MR) is 91.2 cm³/mol. The fourth-order valence-corrected chi connectivity index (χ4v) is 2.22. The van der Waals surface area contributed by atoms with Crippen LogP contribution in [0.1, 0.15) is 64.4 Å². The minimum absolute atomic E-state index is 0.330. The summed E-state index contributed by atoms with van der Waals surface area (Å²) in [4.78, 5) is 10.8. The van der Waals surface area contributed by atoms with Crippen molar-refractivity contribution in [3.05, 3.63) is 35.4 Å². The second-order valence-electron chi connectivity index (χ2n) is 5.67. The number of carboxylic acid groups (broad SMARTS) is 1. The maximum Gasteiger partial charge on any atom is 0.331 e. The second-order valence-corrected chi connectivity index (χ2v) is 5.67. The molecular formula is C19H28O3. The molecule has 22 heavy (non-hydrogen) atoms. The van der Waals surface area contributed by atoms with E-state index in [1.165, 1.54) is 38.5 Å². The lowest BCUT2D eigenvalue weighted by Gasteiger charge is -2.06. The SMILES string of the molecule is CCCCCCCCCOc1ccc(/C=C(\C)C(=O)O)cc1. The first kappa shape index (κ1) is 18.3. The van der Waals surface area contributed by atoms with Crippen molar-refractivity contribution in [3.63, 3.8) is 0 Å². The molecule has 0 unspecified atom stereocenters. The van der Waals surface area contributed by atoms with Crippen molar-refractivity contribution in [1.82, 2.24) is 0 Å². The van der Waals surface area contributed by atoms with Crippen LogP contribution in [0.2, 0.25) is 0 Å². The maximum atomic E-state index is 10.8. The van der Waals surface area contributed by atoms with Crippen LogP contribution in [-0.4, -0.2) is 17.7 Å². The number of hydrogen-bond donors (Lipinski definition) is 1. The predicted octanol–water partition coefficient (Wildman–Crippen LogP) is 5.30. The topological polar surface area (TPSA) is 46.5 Å². The van der Waals surface area contributed by atoms with Crippen molar-refractivity contribution < 1.29 is 14.6 Å². The molecule has 0 aliphatic heterocycles. The Morgan fingerprint density at radius 1 is 1.05 bits per heavy atom. The van der Waals surface area contributed by atoms with Crippen molar-refractivity contribution >= 4 is 12.0 Å². The second kappa shape index (κ2) is 10.9. The van der Waals surface area contributed by atoms with Gasteiger partial charge in [0.1, 0.15) is 5.75 Å². The number of carboxylic acids is 1. The van der Waals surface area contributed by atoms with E-state index in [2.05, 4.69) is 6.92 Å². The number of hydrogen-bond acceptors (Lipinski definition) is 2. The summed E-state index contributed by atoms with van der Waals surface area (Å²) in [5.41, 5.74) is 1.21. The molecule has 0 aromatic heterocycles. The Bertz CT molecular complexity index is 460. The Morgan fingerprint density at radius 3 is 2.23 bits per heavy atom. The molecule has 0 bridgehead atoms. The van der Waals surface area contributed by atoms with Gasteiger partial charge in [-0.15, -0.1) is 0 Å². The summed E-state index contributed by atoms with van der Waals surface area (Å²) in [6, 6.07) is 7.55. The molecule has 0 heterocycles. The maximum absolute atomic E-state index is 10.8. The summed E-state index contributed by atoms with van der Waals surface area (Å²) in [5, 5.41) is 8.84. The van der Waals surface area contributed by atoms with E-state index >= 15 is 0 Å². The average Bonchev–Trinajstić information content (AvgIpc) is 2.51. The summed E-state index contributed by atoms with van der Waals surface area (Å²) in [5.74, 6) is -0.0459. The van der Waals surface area contributed by atoms with Crippen LogP contribution >= 0.6 is 0 Å². The molecule has 0 atom stereocenters. The van der Waals surface area contributed by atoms with E-state index in [9.17, 15) is 4.79 Å². The molecule has 1 rings (SSSR count). The fourth-order valence-electron chi connectivity index (χ4n) is 2.22. The third-order valence-corrected chi connectivity index (χ3v) is 3.62. The zero-order valence-corrected chi connectivity index (χ0v) is 13.8. The molecule has 0 fully saturated rings. The van der Waals surface area contributed by atoms with Crippen molar-refractivity contribution in [3.8, 4) is 5.75 Å². The van der Waals surface area contributed by atoms with E-state index in [1.54, 1.807) is 13.0 Å². The quantitative estimate of drug-likeness (QED) is 0.445. The largest absolute Gasteiger partial charge is 0.494 e. The van der Waals surface area contributed by atoms with Crippen LogP contribution in [0.5, 0.6) is 5.75 Å². The highest BCUT2D eigenvalue weighted by Crippen LogP contribution is 2.15. The van der Waals surface area contributed by atoms with E-state index in [0.29, 0.717) is 5.57 Å². The van der Waals surface area contributed by atoms with Gasteiger partial charge in [0.25, 0.3) is 0 Å². The van der Waals surface area contributed by atoms with E-state index in [1.807, 2.05) is 24.3 Å². The first-order valence-electron chi connectivity index (χ1n) is 8.28. The fraction of sp³-hybridized carbons (Fsp3) is 0.526. The van der Waals surface area contributed by atoms with Gasteiger partial charge in [-0.2, -0.15) is 0 Å². The van der Waals surface area contributed by atoms with Crippen LogP contribution in [0.3, 0.4) is 0 Å². The number of unbranched alkanes of at least 4 members (excludes halogenated alkanes) is 6. The monoisotopic (exact) mass is 304 g/mol.